The summed E-state index contributed by atoms with van der Waals surface area (Å²) >= 11 is 0. The fourth-order valence-corrected chi connectivity index (χ4v) is 1.05. The van der Waals surface area contributed by atoms with Crippen LogP contribution in [0.25, 0.3) is 0 Å². The smallest absolute Gasteiger partial charge is 0.144 e. The van der Waals surface area contributed by atoms with Gasteiger partial charge in [-0.25, -0.2) is 4.98 Å². The Hall–Kier alpha value is -2.00. The molecule has 0 bridgehead atoms. The summed E-state index contributed by atoms with van der Waals surface area (Å²) in [4.78, 5) is 4.08. The summed E-state index contributed by atoms with van der Waals surface area (Å²) in [5.41, 5.74) is 1.51. The molecule has 14 heavy (non-hydrogen) atoms. The van der Waals surface area contributed by atoms with Gasteiger partial charge in [0.15, 0.2) is 0 Å². The number of nitrogens with one attached hydrogen (secondary N) is 1. The third-order valence-electron chi connectivity index (χ3n) is 1.79. The molecule has 1 heterocycles. The van der Waals surface area contributed by atoms with Crippen molar-refractivity contribution in [1.29, 1.82) is 5.26 Å². The van der Waals surface area contributed by atoms with Crippen molar-refractivity contribution in [3.05, 3.63) is 23.4 Å². The van der Waals surface area contributed by atoms with Crippen LogP contribution in [-0.4, -0.2) is 11.5 Å². The maximum Gasteiger partial charge on any atom is 0.144 e. The summed E-state index contributed by atoms with van der Waals surface area (Å²) in [5, 5.41) is 11.9. The second kappa shape index (κ2) is 4.89. The summed E-state index contributed by atoms with van der Waals surface area (Å²) in [6.07, 6.45) is 1.68. The van der Waals surface area contributed by atoms with Crippen LogP contribution in [0.4, 0.5) is 5.82 Å². The van der Waals surface area contributed by atoms with E-state index in [0.717, 1.165) is 5.56 Å². The van der Waals surface area contributed by atoms with E-state index in [1.807, 2.05) is 13.0 Å². The number of hydrogen-bond acceptors (Lipinski definition) is 3. The van der Waals surface area contributed by atoms with Crippen molar-refractivity contribution in [2.75, 3.05) is 11.9 Å². The zero-order valence-electron chi connectivity index (χ0n) is 8.26. The Labute approximate surface area is 83.8 Å². The lowest BCUT2D eigenvalue weighted by atomic mass is 10.1. The van der Waals surface area contributed by atoms with Gasteiger partial charge in [0.05, 0.1) is 12.1 Å². The third kappa shape index (κ3) is 2.24. The minimum atomic E-state index is 0.516. The van der Waals surface area contributed by atoms with Crippen molar-refractivity contribution in [1.82, 2.24) is 4.98 Å². The van der Waals surface area contributed by atoms with Crippen LogP contribution in [0.5, 0.6) is 0 Å². The van der Waals surface area contributed by atoms with Gasteiger partial charge in [0.1, 0.15) is 11.9 Å². The second-order valence-electron chi connectivity index (χ2n) is 2.74. The average Bonchev–Trinajstić information content (AvgIpc) is 2.18. The van der Waals surface area contributed by atoms with Gasteiger partial charge in [-0.1, -0.05) is 5.92 Å². The average molecular weight is 185 g/mol. The number of nitrogens with zero attached hydrogens (tertiary/aromatic N) is 2. The molecule has 0 saturated heterocycles. The maximum atomic E-state index is 8.89. The van der Waals surface area contributed by atoms with E-state index >= 15 is 0 Å². The van der Waals surface area contributed by atoms with Crippen molar-refractivity contribution < 1.29 is 0 Å². The molecule has 1 N–H and O–H groups in total. The first-order valence-electron chi connectivity index (χ1n) is 4.28. The fourth-order valence-electron chi connectivity index (χ4n) is 1.05. The number of rotatable bonds is 2. The lowest BCUT2D eigenvalue weighted by Crippen LogP contribution is -2.04. The molecule has 0 aliphatic rings. The molecule has 0 aliphatic carbocycles. The van der Waals surface area contributed by atoms with Gasteiger partial charge in [-0.2, -0.15) is 5.26 Å². The molecular weight excluding hydrogens is 174 g/mol. The van der Waals surface area contributed by atoms with Crippen molar-refractivity contribution >= 4 is 5.82 Å². The second-order valence-corrected chi connectivity index (χ2v) is 2.74. The van der Waals surface area contributed by atoms with Crippen LogP contribution in [0.3, 0.4) is 0 Å². The molecule has 70 valence electrons. The van der Waals surface area contributed by atoms with Crippen molar-refractivity contribution in [3.8, 4) is 17.9 Å². The molecule has 0 spiro atoms. The molecule has 0 aromatic carbocycles. The first-order valence-corrected chi connectivity index (χ1v) is 4.28. The molecule has 3 nitrogen and oxygen atoms in total. The summed E-state index contributed by atoms with van der Waals surface area (Å²) in [5.74, 6) is 6.23. The Bertz CT molecular complexity index is 418. The van der Waals surface area contributed by atoms with Gasteiger partial charge in [-0.3, -0.25) is 0 Å². The minimum absolute atomic E-state index is 0.516. The minimum Gasteiger partial charge on any atom is -0.358 e. The predicted octanol–water partition coefficient (Wildman–Crippen LogP) is 1.70. The number of hydrogen-bond donors (Lipinski definition) is 1. The van der Waals surface area contributed by atoms with E-state index in [9.17, 15) is 0 Å². The Morgan fingerprint density at radius 1 is 1.57 bits per heavy atom. The van der Waals surface area contributed by atoms with Gasteiger partial charge < -0.3 is 5.32 Å². The lowest BCUT2D eigenvalue weighted by Gasteiger charge is -2.04. The van der Waals surface area contributed by atoms with Crippen LogP contribution in [0.1, 0.15) is 18.1 Å². The summed E-state index contributed by atoms with van der Waals surface area (Å²) in [7, 11) is 0. The molecule has 1 rings (SSSR count). The highest BCUT2D eigenvalue weighted by Crippen LogP contribution is 2.14. The number of aromatic nitrogens is 1. The summed E-state index contributed by atoms with van der Waals surface area (Å²) < 4.78 is 0. The SMILES string of the molecule is CC#CCNc1nccc(C)c1C#N. The molecule has 0 radical (unpaired) electrons. The largest absolute Gasteiger partial charge is 0.358 e. The fraction of sp³-hybridized carbons (Fsp3) is 0.273. The zero-order valence-corrected chi connectivity index (χ0v) is 8.26. The first-order chi connectivity index (χ1) is 6.79. The highest BCUT2D eigenvalue weighted by molar-refractivity contribution is 5.55. The van der Waals surface area contributed by atoms with E-state index in [2.05, 4.69) is 28.2 Å². The maximum absolute atomic E-state index is 8.89. The quantitative estimate of drug-likeness (QED) is 0.713. The molecule has 0 amide bonds. The molecule has 1 aromatic rings. The molecule has 3 heteroatoms. The van der Waals surface area contributed by atoms with Gasteiger partial charge in [0.25, 0.3) is 0 Å². The van der Waals surface area contributed by atoms with Crippen LogP contribution in [0.15, 0.2) is 12.3 Å². The molecule has 0 atom stereocenters. The topological polar surface area (TPSA) is 48.7 Å². The molecule has 0 aliphatic heterocycles. The third-order valence-corrected chi connectivity index (χ3v) is 1.79. The highest BCUT2D eigenvalue weighted by atomic mass is 15.0. The van der Waals surface area contributed by atoms with E-state index in [4.69, 9.17) is 5.26 Å². The van der Waals surface area contributed by atoms with Gasteiger partial charge in [0, 0.05) is 6.20 Å². The van der Waals surface area contributed by atoms with E-state index < -0.39 is 0 Å². The summed E-state index contributed by atoms with van der Waals surface area (Å²) in [6, 6.07) is 3.93. The van der Waals surface area contributed by atoms with Crippen molar-refractivity contribution in [3.63, 3.8) is 0 Å². The van der Waals surface area contributed by atoms with Gasteiger partial charge in [0.2, 0.25) is 0 Å². The Balaban J connectivity index is 2.90. The zero-order chi connectivity index (χ0) is 10.4. The van der Waals surface area contributed by atoms with Gasteiger partial charge >= 0.3 is 0 Å². The lowest BCUT2D eigenvalue weighted by molar-refractivity contribution is 1.20. The van der Waals surface area contributed by atoms with Crippen LogP contribution in [0, 0.1) is 30.1 Å². The van der Waals surface area contributed by atoms with Crippen molar-refractivity contribution in [2.45, 2.75) is 13.8 Å². The molecule has 0 unspecified atom stereocenters. The molecule has 1 aromatic heterocycles. The van der Waals surface area contributed by atoms with E-state index in [1.165, 1.54) is 0 Å². The van der Waals surface area contributed by atoms with Crippen molar-refractivity contribution in [2.24, 2.45) is 0 Å². The standard InChI is InChI=1S/C11H11N3/c1-3-4-6-13-11-10(8-12)9(2)5-7-14-11/h5,7H,6H2,1-2H3,(H,13,14). The Kier molecular flexibility index (Phi) is 3.52. The molecule has 0 saturated carbocycles. The highest BCUT2D eigenvalue weighted by Gasteiger charge is 2.04. The van der Waals surface area contributed by atoms with Gasteiger partial charge in [-0.05, 0) is 25.5 Å². The van der Waals surface area contributed by atoms with E-state index in [0.29, 0.717) is 17.9 Å². The molecule has 0 fully saturated rings. The van der Waals surface area contributed by atoms with E-state index in [-0.39, 0.29) is 0 Å². The van der Waals surface area contributed by atoms with Crippen LogP contribution < -0.4 is 5.32 Å². The first kappa shape index (κ1) is 10.1. The Morgan fingerprint density at radius 3 is 3.00 bits per heavy atom. The van der Waals surface area contributed by atoms with Crippen LogP contribution >= 0.6 is 0 Å². The number of anilines is 1. The summed E-state index contributed by atoms with van der Waals surface area (Å²) in [6.45, 7) is 4.18. The Morgan fingerprint density at radius 2 is 2.36 bits per heavy atom. The van der Waals surface area contributed by atoms with Crippen LogP contribution in [0.2, 0.25) is 0 Å². The normalized spacial score (nSPS) is 8.36. The molecular formula is C11H11N3. The van der Waals surface area contributed by atoms with E-state index in [1.54, 1.807) is 13.1 Å². The number of nitriles is 1. The predicted molar refractivity (Wildman–Crippen MR) is 55.6 cm³/mol. The monoisotopic (exact) mass is 185 g/mol. The number of pyridine rings is 1. The number of aryl methyl sites for hydroxylation is 1. The van der Waals surface area contributed by atoms with Crippen LogP contribution in [-0.2, 0) is 0 Å². The van der Waals surface area contributed by atoms with Gasteiger partial charge in [-0.15, -0.1) is 5.92 Å².